The van der Waals surface area contributed by atoms with E-state index in [1.165, 1.54) is 32.3 Å². The number of aromatic nitrogens is 2. The standard InChI is InChI=1S/C59H38N4O2/c1-35-29-31-46(56-50(32-30-42-41-20-7-12-26-52(41)65-57(42)56)62-47-23-9-6-19-40(47)45-33-36-15-2-3-16-37(36)34-51(45)62)60-58(44-22-14-28-54-55(44)43-21-8-13-27-53(43)64-54)61-59(35)63-48-24-10-4-17-38(48)39-18-5-11-25-49(39)63/h2-28,30-35H,29H2,1H3/b46-31+,60-58-,61-59+. The molecule has 9 aromatic carbocycles. The first-order chi connectivity index (χ1) is 32.2. The molecular formula is C59H38N4O2. The van der Waals surface area contributed by atoms with Crippen LogP contribution in [0.5, 0.6) is 0 Å². The molecule has 6 heteroatoms. The third kappa shape index (κ3) is 5.28. The van der Waals surface area contributed by atoms with Gasteiger partial charge >= 0.3 is 0 Å². The molecule has 0 N–H and O–H groups in total. The van der Waals surface area contributed by atoms with Crippen molar-refractivity contribution >= 4 is 116 Å². The molecular weight excluding hydrogens is 797 g/mol. The van der Waals surface area contributed by atoms with Crippen molar-refractivity contribution in [1.29, 1.82) is 0 Å². The van der Waals surface area contributed by atoms with Crippen LogP contribution in [0.2, 0.25) is 0 Å². The maximum Gasteiger partial charge on any atom is 0.162 e. The molecule has 0 saturated heterocycles. The van der Waals surface area contributed by atoms with E-state index >= 15 is 0 Å². The second kappa shape index (κ2) is 13.8. The molecule has 0 aliphatic carbocycles. The van der Waals surface area contributed by atoms with Gasteiger partial charge in [0.25, 0.3) is 0 Å². The van der Waals surface area contributed by atoms with Crippen LogP contribution in [0.3, 0.4) is 0 Å². The first-order valence-corrected chi connectivity index (χ1v) is 22.3. The fourth-order valence-corrected chi connectivity index (χ4v) is 10.6. The van der Waals surface area contributed by atoms with Gasteiger partial charge in [-0.15, -0.1) is 0 Å². The number of hydrogen-bond acceptors (Lipinski definition) is 4. The van der Waals surface area contributed by atoms with Crippen LogP contribution in [-0.2, 0) is 0 Å². The predicted octanol–water partition coefficient (Wildman–Crippen LogP) is 15.6. The molecule has 0 saturated carbocycles. The lowest BCUT2D eigenvalue weighted by atomic mass is 9.98. The summed E-state index contributed by atoms with van der Waals surface area (Å²) in [6.45, 7) is 2.29. The van der Waals surface area contributed by atoms with Gasteiger partial charge in [0, 0.05) is 54.6 Å². The van der Waals surface area contributed by atoms with E-state index in [9.17, 15) is 0 Å². The van der Waals surface area contributed by atoms with Crippen molar-refractivity contribution in [2.45, 2.75) is 13.3 Å². The molecule has 1 aliphatic heterocycles. The molecule has 5 heterocycles. The molecule has 0 amide bonds. The van der Waals surface area contributed by atoms with Crippen LogP contribution in [-0.4, -0.2) is 20.8 Å². The van der Waals surface area contributed by atoms with E-state index in [1.807, 2.05) is 24.3 Å². The number of fused-ring (bicyclic) bond motifs is 13. The van der Waals surface area contributed by atoms with Gasteiger partial charge < -0.3 is 13.4 Å². The number of amidine groups is 1. The van der Waals surface area contributed by atoms with E-state index in [4.69, 9.17) is 18.8 Å². The number of rotatable bonds is 3. The van der Waals surface area contributed by atoms with Gasteiger partial charge in [0.1, 0.15) is 28.2 Å². The molecule has 0 radical (unpaired) electrons. The zero-order chi connectivity index (χ0) is 42.8. The van der Waals surface area contributed by atoms with Gasteiger partial charge in [-0.3, -0.25) is 4.57 Å². The van der Waals surface area contributed by atoms with E-state index in [2.05, 4.69) is 186 Å². The quantitative estimate of drug-likeness (QED) is 0.178. The third-order valence-electron chi connectivity index (χ3n) is 13.6. The van der Waals surface area contributed by atoms with E-state index in [0.717, 1.165) is 94.3 Å². The SMILES string of the molecule is CC1C/C=C(c2c(-n3c4ccccc4c4cc5ccccc5cc43)ccc3c2oc2ccccc23)/N=C(c2cccc3oc4ccccc4c23)\N=C/1n1c2ccccc2c2ccccc21. The van der Waals surface area contributed by atoms with Crippen LogP contribution in [0, 0.1) is 5.92 Å². The van der Waals surface area contributed by atoms with E-state index in [-0.39, 0.29) is 5.92 Å². The van der Waals surface area contributed by atoms with Crippen LogP contribution < -0.4 is 0 Å². The molecule has 13 aromatic rings. The summed E-state index contributed by atoms with van der Waals surface area (Å²) in [5.41, 5.74) is 11.3. The van der Waals surface area contributed by atoms with Gasteiger partial charge in [-0.25, -0.2) is 9.98 Å². The molecule has 6 nitrogen and oxygen atoms in total. The Morgan fingerprint density at radius 2 is 1.05 bits per heavy atom. The highest BCUT2D eigenvalue weighted by atomic mass is 16.3. The molecule has 1 aliphatic rings. The summed E-state index contributed by atoms with van der Waals surface area (Å²) in [7, 11) is 0. The Balaban J connectivity index is 1.11. The van der Waals surface area contributed by atoms with Crippen molar-refractivity contribution in [2.75, 3.05) is 0 Å². The van der Waals surface area contributed by atoms with E-state index < -0.39 is 0 Å². The molecule has 1 atom stereocenters. The number of allylic oxidation sites excluding steroid dienone is 1. The summed E-state index contributed by atoms with van der Waals surface area (Å²) in [4.78, 5) is 11.6. The highest BCUT2D eigenvalue weighted by Gasteiger charge is 2.28. The second-order valence-electron chi connectivity index (χ2n) is 17.3. The van der Waals surface area contributed by atoms with Crippen molar-refractivity contribution < 1.29 is 8.83 Å². The zero-order valence-electron chi connectivity index (χ0n) is 35.4. The molecule has 306 valence electrons. The highest BCUT2D eigenvalue weighted by molar-refractivity contribution is 6.24. The Bertz CT molecular complexity index is 4190. The lowest BCUT2D eigenvalue weighted by molar-refractivity contribution is 0.667. The molecule has 4 aromatic heterocycles. The number of hydrogen-bond donors (Lipinski definition) is 0. The summed E-state index contributed by atoms with van der Waals surface area (Å²) in [5.74, 6) is 1.51. The van der Waals surface area contributed by atoms with Crippen molar-refractivity contribution in [3.63, 3.8) is 0 Å². The van der Waals surface area contributed by atoms with Crippen molar-refractivity contribution in [3.05, 3.63) is 205 Å². The van der Waals surface area contributed by atoms with Crippen LogP contribution in [0.1, 0.15) is 24.5 Å². The highest BCUT2D eigenvalue weighted by Crippen LogP contribution is 2.44. The molecule has 1 unspecified atom stereocenters. The number of nitrogens with zero attached hydrogens (tertiary/aromatic N) is 4. The average molecular weight is 835 g/mol. The lowest BCUT2D eigenvalue weighted by Crippen LogP contribution is -2.23. The first kappa shape index (κ1) is 36.0. The summed E-state index contributed by atoms with van der Waals surface area (Å²) in [6.07, 6.45) is 2.99. The summed E-state index contributed by atoms with van der Waals surface area (Å²) < 4.78 is 18.3. The minimum absolute atomic E-state index is 0.0204. The van der Waals surface area contributed by atoms with Gasteiger partial charge in [-0.05, 0) is 77.9 Å². The Morgan fingerprint density at radius 1 is 0.462 bits per heavy atom. The predicted molar refractivity (Wildman–Crippen MR) is 270 cm³/mol. The smallest absolute Gasteiger partial charge is 0.162 e. The first-order valence-electron chi connectivity index (χ1n) is 22.3. The summed E-state index contributed by atoms with van der Waals surface area (Å²) in [5, 5.41) is 11.3. The Labute approximate surface area is 372 Å². The molecule has 0 spiro atoms. The monoisotopic (exact) mass is 834 g/mol. The number of aliphatic imine (C=N–C) groups is 2. The molecule has 0 fully saturated rings. The minimum atomic E-state index is -0.0204. The number of para-hydroxylation sites is 5. The molecule has 65 heavy (non-hydrogen) atoms. The summed E-state index contributed by atoms with van der Waals surface area (Å²) >= 11 is 0. The van der Waals surface area contributed by atoms with Crippen LogP contribution in [0.15, 0.2) is 213 Å². The van der Waals surface area contributed by atoms with Gasteiger partial charge in [-0.2, -0.15) is 0 Å². The van der Waals surface area contributed by atoms with Gasteiger partial charge in [0.05, 0.1) is 39.0 Å². The van der Waals surface area contributed by atoms with Crippen LogP contribution in [0.25, 0.3) is 110 Å². The largest absolute Gasteiger partial charge is 0.456 e. The summed E-state index contributed by atoms with van der Waals surface area (Å²) in [6, 6.07) is 66.6. The maximum atomic E-state index is 7.02. The maximum absolute atomic E-state index is 7.02. The lowest BCUT2D eigenvalue weighted by Gasteiger charge is -2.22. The van der Waals surface area contributed by atoms with E-state index in [0.29, 0.717) is 12.3 Å². The topological polar surface area (TPSA) is 60.9 Å². The fraction of sp³-hybridized carbons (Fsp3) is 0.0508. The van der Waals surface area contributed by atoms with Gasteiger partial charge in [-0.1, -0.05) is 140 Å². The Morgan fingerprint density at radius 3 is 1.78 bits per heavy atom. The molecule has 0 bridgehead atoms. The van der Waals surface area contributed by atoms with Crippen LogP contribution >= 0.6 is 0 Å². The fourth-order valence-electron chi connectivity index (χ4n) is 10.6. The minimum Gasteiger partial charge on any atom is -0.456 e. The number of benzene rings is 9. The second-order valence-corrected chi connectivity index (χ2v) is 17.3. The van der Waals surface area contributed by atoms with Crippen LogP contribution in [0.4, 0.5) is 0 Å². The normalized spacial score (nSPS) is 17.3. The van der Waals surface area contributed by atoms with Gasteiger partial charge in [0.2, 0.25) is 0 Å². The third-order valence-corrected chi connectivity index (χ3v) is 13.6. The van der Waals surface area contributed by atoms with Gasteiger partial charge in [0.15, 0.2) is 5.84 Å². The Hall–Kier alpha value is -8.48. The van der Waals surface area contributed by atoms with E-state index in [1.54, 1.807) is 0 Å². The zero-order valence-corrected chi connectivity index (χ0v) is 35.4. The Kier molecular flexibility index (Phi) is 7.63. The average Bonchev–Trinajstić information content (AvgIpc) is 4.10. The van der Waals surface area contributed by atoms with Crippen molar-refractivity contribution in [1.82, 2.24) is 9.13 Å². The van der Waals surface area contributed by atoms with Crippen molar-refractivity contribution in [3.8, 4) is 5.69 Å². The number of furan rings is 2. The molecule has 14 rings (SSSR count). The van der Waals surface area contributed by atoms with Crippen molar-refractivity contribution in [2.24, 2.45) is 15.9 Å².